The van der Waals surface area contributed by atoms with Crippen molar-refractivity contribution in [3.05, 3.63) is 76.6 Å². The van der Waals surface area contributed by atoms with E-state index in [1.165, 1.54) is 17.2 Å². The van der Waals surface area contributed by atoms with Gasteiger partial charge in [-0.15, -0.1) is 0 Å². The number of carbonyl (C=O) groups is 1. The lowest BCUT2D eigenvalue weighted by molar-refractivity contribution is -0.111. The average Bonchev–Trinajstić information content (AvgIpc) is 3.00. The van der Waals surface area contributed by atoms with E-state index in [1.54, 1.807) is 38.5 Å². The first-order chi connectivity index (χ1) is 14.4. The number of aromatic nitrogens is 2. The van der Waals surface area contributed by atoms with Crippen LogP contribution in [0.4, 0.5) is 5.69 Å². The molecule has 0 atom stereocenters. The summed E-state index contributed by atoms with van der Waals surface area (Å²) in [7, 11) is 3.13. The van der Waals surface area contributed by atoms with Crippen LogP contribution in [0.5, 0.6) is 11.5 Å². The van der Waals surface area contributed by atoms with Gasteiger partial charge in [-0.1, -0.05) is 29.8 Å². The van der Waals surface area contributed by atoms with Crippen LogP contribution in [0.15, 0.2) is 48.5 Å². The lowest BCUT2D eigenvalue weighted by Gasteiger charge is -2.09. The molecule has 0 radical (unpaired) electrons. The Morgan fingerprint density at radius 1 is 1.03 bits per heavy atom. The second-order valence-corrected chi connectivity index (χ2v) is 7.12. The Hall–Kier alpha value is -3.54. The zero-order chi connectivity index (χ0) is 21.7. The van der Waals surface area contributed by atoms with Gasteiger partial charge >= 0.3 is 0 Å². The van der Waals surface area contributed by atoms with E-state index in [-0.39, 0.29) is 5.91 Å². The van der Waals surface area contributed by atoms with Gasteiger partial charge in [-0.2, -0.15) is 5.10 Å². The molecule has 1 heterocycles. The van der Waals surface area contributed by atoms with Gasteiger partial charge in [0.15, 0.2) is 11.5 Å². The summed E-state index contributed by atoms with van der Waals surface area (Å²) in [6, 6.07) is 13.7. The Bertz CT molecular complexity index is 1070. The predicted molar refractivity (Wildman–Crippen MR) is 119 cm³/mol. The van der Waals surface area contributed by atoms with Crippen molar-refractivity contribution in [2.75, 3.05) is 19.5 Å². The van der Waals surface area contributed by atoms with Gasteiger partial charge in [0.2, 0.25) is 5.91 Å². The van der Waals surface area contributed by atoms with Crippen LogP contribution >= 0.6 is 0 Å². The Labute approximate surface area is 177 Å². The number of nitrogens with zero attached hydrogens (tertiary/aromatic N) is 2. The average molecular weight is 405 g/mol. The number of amides is 1. The van der Waals surface area contributed by atoms with Gasteiger partial charge in [0, 0.05) is 29.1 Å². The molecule has 6 heteroatoms. The number of hydrogen-bond donors (Lipinski definition) is 1. The number of ether oxygens (including phenoxy) is 2. The molecule has 3 aromatic rings. The first kappa shape index (κ1) is 21.2. The van der Waals surface area contributed by atoms with Gasteiger partial charge in [0.05, 0.1) is 26.5 Å². The van der Waals surface area contributed by atoms with Gasteiger partial charge < -0.3 is 14.8 Å². The molecule has 1 aromatic heterocycles. The smallest absolute Gasteiger partial charge is 0.248 e. The third-order valence-corrected chi connectivity index (χ3v) is 4.94. The predicted octanol–water partition coefficient (Wildman–Crippen LogP) is 4.53. The summed E-state index contributed by atoms with van der Waals surface area (Å²) >= 11 is 0. The molecule has 0 aliphatic carbocycles. The van der Waals surface area contributed by atoms with E-state index >= 15 is 0 Å². The number of rotatable bonds is 7. The van der Waals surface area contributed by atoms with Gasteiger partial charge in [0.25, 0.3) is 0 Å². The summed E-state index contributed by atoms with van der Waals surface area (Å²) in [5.74, 6) is 0.939. The maximum atomic E-state index is 12.4. The SMILES string of the molecule is COc1ccc(NC(=O)/C=C/c2c(C)nn(Cc3ccc(C)cc3)c2C)cc1OC. The Kier molecular flexibility index (Phi) is 6.57. The highest BCUT2D eigenvalue weighted by atomic mass is 16.5. The summed E-state index contributed by atoms with van der Waals surface area (Å²) in [4.78, 5) is 12.4. The molecule has 2 aromatic carbocycles. The van der Waals surface area contributed by atoms with Crippen LogP contribution in [-0.2, 0) is 11.3 Å². The molecule has 0 aliphatic rings. The fraction of sp³-hybridized carbons (Fsp3) is 0.250. The molecule has 3 rings (SSSR count). The zero-order valence-electron chi connectivity index (χ0n) is 18.0. The van der Waals surface area contributed by atoms with E-state index < -0.39 is 0 Å². The number of anilines is 1. The second kappa shape index (κ2) is 9.31. The fourth-order valence-electron chi connectivity index (χ4n) is 3.23. The third kappa shape index (κ3) is 4.89. The molecule has 30 heavy (non-hydrogen) atoms. The van der Waals surface area contributed by atoms with Crippen molar-refractivity contribution in [3.63, 3.8) is 0 Å². The number of aryl methyl sites for hydroxylation is 2. The number of nitrogens with one attached hydrogen (secondary N) is 1. The van der Waals surface area contributed by atoms with Crippen LogP contribution in [0.25, 0.3) is 6.08 Å². The van der Waals surface area contributed by atoms with Gasteiger partial charge in [-0.25, -0.2) is 0 Å². The molecule has 0 aliphatic heterocycles. The fourth-order valence-corrected chi connectivity index (χ4v) is 3.23. The molecule has 1 amide bonds. The van der Waals surface area contributed by atoms with E-state index in [9.17, 15) is 4.79 Å². The number of hydrogen-bond acceptors (Lipinski definition) is 4. The maximum absolute atomic E-state index is 12.4. The Morgan fingerprint density at radius 2 is 1.73 bits per heavy atom. The molecule has 0 spiro atoms. The molecule has 0 bridgehead atoms. The molecular formula is C24H27N3O3. The minimum absolute atomic E-state index is 0.229. The maximum Gasteiger partial charge on any atom is 0.248 e. The summed E-state index contributed by atoms with van der Waals surface area (Å²) in [5.41, 5.74) is 5.90. The van der Waals surface area contributed by atoms with Crippen molar-refractivity contribution < 1.29 is 14.3 Å². The molecule has 0 saturated carbocycles. The quantitative estimate of drug-likeness (QED) is 0.587. The van der Waals surface area contributed by atoms with E-state index in [4.69, 9.17) is 9.47 Å². The minimum atomic E-state index is -0.229. The van der Waals surface area contributed by atoms with Gasteiger partial charge in [-0.3, -0.25) is 9.48 Å². The lowest BCUT2D eigenvalue weighted by atomic mass is 10.1. The molecule has 6 nitrogen and oxygen atoms in total. The monoisotopic (exact) mass is 405 g/mol. The van der Waals surface area contributed by atoms with Crippen molar-refractivity contribution in [1.29, 1.82) is 0 Å². The zero-order valence-corrected chi connectivity index (χ0v) is 18.0. The Morgan fingerprint density at radius 3 is 2.40 bits per heavy atom. The van der Waals surface area contributed by atoms with Crippen LogP contribution in [0.2, 0.25) is 0 Å². The first-order valence-corrected chi connectivity index (χ1v) is 9.72. The summed E-state index contributed by atoms with van der Waals surface area (Å²) in [6.07, 6.45) is 3.32. The molecule has 0 unspecified atom stereocenters. The lowest BCUT2D eigenvalue weighted by Crippen LogP contribution is -2.08. The second-order valence-electron chi connectivity index (χ2n) is 7.12. The van der Waals surface area contributed by atoms with Crippen molar-refractivity contribution in [2.24, 2.45) is 0 Å². The number of benzene rings is 2. The van der Waals surface area contributed by atoms with Crippen molar-refractivity contribution in [2.45, 2.75) is 27.3 Å². The van der Waals surface area contributed by atoms with Crippen molar-refractivity contribution in [3.8, 4) is 11.5 Å². The highest BCUT2D eigenvalue weighted by molar-refractivity contribution is 6.02. The van der Waals surface area contributed by atoms with Crippen LogP contribution < -0.4 is 14.8 Å². The number of carbonyl (C=O) groups excluding carboxylic acids is 1. The van der Waals surface area contributed by atoms with Gasteiger partial charge in [0.1, 0.15) is 0 Å². The molecule has 0 fully saturated rings. The van der Waals surface area contributed by atoms with Crippen molar-refractivity contribution >= 4 is 17.7 Å². The normalized spacial score (nSPS) is 11.0. The van der Waals surface area contributed by atoms with Crippen LogP contribution in [-0.4, -0.2) is 29.9 Å². The number of methoxy groups -OCH3 is 2. The Balaban J connectivity index is 1.72. The van der Waals surface area contributed by atoms with Gasteiger partial charge in [-0.05, 0) is 44.5 Å². The molecule has 1 N–H and O–H groups in total. The summed E-state index contributed by atoms with van der Waals surface area (Å²) < 4.78 is 12.5. The van der Waals surface area contributed by atoms with Crippen LogP contribution in [0.3, 0.4) is 0 Å². The minimum Gasteiger partial charge on any atom is -0.493 e. The summed E-state index contributed by atoms with van der Waals surface area (Å²) in [6.45, 7) is 6.73. The standard InChI is InChI=1S/C24H27N3O3/c1-16-6-8-19(9-7-16)15-27-18(3)21(17(2)26-27)11-13-24(28)25-20-10-12-22(29-4)23(14-20)30-5/h6-14H,15H2,1-5H3,(H,25,28)/b13-11+. The van der Waals surface area contributed by atoms with Crippen LogP contribution in [0, 0.1) is 20.8 Å². The van der Waals surface area contributed by atoms with Crippen LogP contribution in [0.1, 0.15) is 28.1 Å². The third-order valence-electron chi connectivity index (χ3n) is 4.94. The molecule has 0 saturated heterocycles. The largest absolute Gasteiger partial charge is 0.493 e. The molecular weight excluding hydrogens is 378 g/mol. The first-order valence-electron chi connectivity index (χ1n) is 9.72. The van der Waals surface area contributed by atoms with E-state index in [0.29, 0.717) is 23.7 Å². The highest BCUT2D eigenvalue weighted by Crippen LogP contribution is 2.29. The van der Waals surface area contributed by atoms with E-state index in [2.05, 4.69) is 41.6 Å². The highest BCUT2D eigenvalue weighted by Gasteiger charge is 2.11. The molecule has 156 valence electrons. The topological polar surface area (TPSA) is 65.4 Å². The van der Waals surface area contributed by atoms with Crippen molar-refractivity contribution in [1.82, 2.24) is 9.78 Å². The summed E-state index contributed by atoms with van der Waals surface area (Å²) in [5, 5.41) is 7.48. The van der Waals surface area contributed by atoms with E-state index in [1.807, 2.05) is 18.5 Å². The van der Waals surface area contributed by atoms with E-state index in [0.717, 1.165) is 17.0 Å².